The predicted molar refractivity (Wildman–Crippen MR) is 265 cm³/mol. The largest absolute Gasteiger partial charge is 0.448 e. The van der Waals surface area contributed by atoms with E-state index in [1.165, 1.54) is 4.90 Å². The number of aliphatic hydroxyl groups excluding tert-OH is 1. The van der Waals surface area contributed by atoms with Crippen LogP contribution in [0.5, 0.6) is 0 Å². The van der Waals surface area contributed by atoms with E-state index in [-0.39, 0.29) is 72.7 Å². The normalized spacial score (nSPS) is 18.6. The topological polar surface area (TPSA) is 155 Å². The zero-order valence-electron chi connectivity index (χ0n) is 42.5. The van der Waals surface area contributed by atoms with E-state index in [4.69, 9.17) is 14.2 Å². The lowest BCUT2D eigenvalue weighted by molar-refractivity contribution is -0.148. The third-order valence-corrected chi connectivity index (χ3v) is 14.7. The highest BCUT2D eigenvalue weighted by molar-refractivity contribution is 5.92. The SMILES string of the molecule is CC[C@H](C)[C@@H]([C@@H](CC(=O)N1CCC[C@H]1[C@H](OC)[C@@H](C)C(=O)C[C@H](C)[C@@H](O)c1ccccc1)OC)N(C)C(=O)[C@@H](NC(=O)[C@H](C(C)C)N(C)C(=O)OCC1c2ccccc2-c2ccccc21)C(C)C. The van der Waals surface area contributed by atoms with Gasteiger partial charge in [0.2, 0.25) is 17.7 Å². The molecule has 372 valence electrons. The van der Waals surface area contributed by atoms with Gasteiger partial charge in [-0.25, -0.2) is 4.79 Å². The average molecular weight is 939 g/mol. The average Bonchev–Trinajstić information content (AvgIpc) is 3.95. The molecule has 4 amide bonds. The van der Waals surface area contributed by atoms with E-state index in [1.54, 1.807) is 38.1 Å². The van der Waals surface area contributed by atoms with Crippen molar-refractivity contribution in [3.8, 4) is 11.1 Å². The Morgan fingerprint density at radius 3 is 1.90 bits per heavy atom. The number of aliphatic hydroxyl groups is 1. The second-order valence-electron chi connectivity index (χ2n) is 19.9. The van der Waals surface area contributed by atoms with E-state index >= 15 is 0 Å². The van der Waals surface area contributed by atoms with Gasteiger partial charge in [-0.2, -0.15) is 0 Å². The fourth-order valence-corrected chi connectivity index (χ4v) is 10.6. The minimum absolute atomic E-state index is 0.0161. The van der Waals surface area contributed by atoms with Crippen LogP contribution in [0.1, 0.15) is 116 Å². The van der Waals surface area contributed by atoms with Crippen LogP contribution < -0.4 is 5.32 Å². The third kappa shape index (κ3) is 12.2. The number of hydrogen-bond acceptors (Lipinski definition) is 9. The second-order valence-corrected chi connectivity index (χ2v) is 19.9. The maximum Gasteiger partial charge on any atom is 0.410 e. The maximum atomic E-state index is 14.7. The fraction of sp³-hybridized carbons (Fsp3) is 0.582. The third-order valence-electron chi connectivity index (χ3n) is 14.7. The Morgan fingerprint density at radius 2 is 1.35 bits per heavy atom. The van der Waals surface area contributed by atoms with Gasteiger partial charge in [-0.3, -0.25) is 24.1 Å². The Balaban J connectivity index is 1.25. The van der Waals surface area contributed by atoms with Crippen LogP contribution in [0.25, 0.3) is 11.1 Å². The lowest BCUT2D eigenvalue weighted by Gasteiger charge is -2.41. The standard InChI is InChI=1S/C55H78N4O9/c1-13-35(6)50(46(66-11)31-47(61)59-29-21-28-44(59)52(67-12)37(8)45(60)30-36(7)51(62)38-22-15-14-16-23-38)57(9)54(64)48(33(2)3)56-53(63)49(34(4)5)58(10)55(65)68-32-43-41-26-19-17-24-39(41)40-25-18-20-27-42(40)43/h14-20,22-27,33-37,43-44,46,48-52,62H,13,21,28-32H2,1-12H3,(H,56,63)/t35-,36-,37-,44-,46+,48-,49-,50-,51+,52+/m0/s1. The number of ether oxygens (including phenoxy) is 3. The number of Topliss-reactive ketones (excluding diaryl/α,β-unsaturated/α-hetero) is 1. The van der Waals surface area contributed by atoms with Gasteiger partial charge in [0.1, 0.15) is 24.5 Å². The first-order chi connectivity index (χ1) is 32.4. The summed E-state index contributed by atoms with van der Waals surface area (Å²) in [5.74, 6) is -2.75. The Morgan fingerprint density at radius 1 is 0.765 bits per heavy atom. The summed E-state index contributed by atoms with van der Waals surface area (Å²) in [6, 6.07) is 22.7. The Labute approximate surface area is 405 Å². The quantitative estimate of drug-likeness (QED) is 0.0956. The van der Waals surface area contributed by atoms with Gasteiger partial charge in [-0.05, 0) is 64.3 Å². The molecule has 1 saturated heterocycles. The van der Waals surface area contributed by atoms with Crippen molar-refractivity contribution in [3.63, 3.8) is 0 Å². The number of likely N-dealkylation sites (N-methyl/N-ethyl adjacent to an activating group) is 2. The van der Waals surface area contributed by atoms with E-state index in [1.807, 2.05) is 110 Å². The smallest absolute Gasteiger partial charge is 0.410 e. The van der Waals surface area contributed by atoms with Crippen molar-refractivity contribution in [1.29, 1.82) is 0 Å². The molecular weight excluding hydrogens is 861 g/mol. The minimum atomic E-state index is -0.953. The van der Waals surface area contributed by atoms with Crippen molar-refractivity contribution in [1.82, 2.24) is 20.0 Å². The van der Waals surface area contributed by atoms with Gasteiger partial charge in [0.25, 0.3) is 0 Å². The molecule has 10 atom stereocenters. The summed E-state index contributed by atoms with van der Waals surface area (Å²) in [7, 11) is 6.37. The van der Waals surface area contributed by atoms with E-state index < -0.39 is 54.4 Å². The number of rotatable bonds is 23. The van der Waals surface area contributed by atoms with Crippen molar-refractivity contribution in [2.75, 3.05) is 41.5 Å². The van der Waals surface area contributed by atoms with Crippen LogP contribution in [0.15, 0.2) is 78.9 Å². The number of nitrogens with one attached hydrogen (secondary N) is 1. The van der Waals surface area contributed by atoms with E-state index in [2.05, 4.69) is 29.6 Å². The van der Waals surface area contributed by atoms with E-state index in [9.17, 15) is 29.1 Å². The number of likely N-dealkylation sites (tertiary alicyclic amines) is 1. The molecule has 1 aliphatic carbocycles. The highest BCUT2D eigenvalue weighted by Gasteiger charge is 2.44. The van der Waals surface area contributed by atoms with Crippen LogP contribution in [-0.4, -0.2) is 127 Å². The zero-order valence-corrected chi connectivity index (χ0v) is 42.5. The molecule has 2 aliphatic rings. The molecule has 1 aliphatic heterocycles. The van der Waals surface area contributed by atoms with Gasteiger partial charge in [-0.15, -0.1) is 0 Å². The molecule has 3 aromatic rings. The van der Waals surface area contributed by atoms with Gasteiger partial charge in [0.15, 0.2) is 0 Å². The lowest BCUT2D eigenvalue weighted by atomic mass is 9.85. The number of hydrogen-bond donors (Lipinski definition) is 2. The van der Waals surface area contributed by atoms with Crippen LogP contribution in [0.2, 0.25) is 0 Å². The first-order valence-corrected chi connectivity index (χ1v) is 24.6. The summed E-state index contributed by atoms with van der Waals surface area (Å²) in [5, 5.41) is 14.0. The lowest BCUT2D eigenvalue weighted by Crippen LogP contribution is -2.60. The molecule has 0 spiro atoms. The van der Waals surface area contributed by atoms with Crippen molar-refractivity contribution < 1.29 is 43.3 Å². The number of nitrogens with zero attached hydrogens (tertiary/aromatic N) is 3. The molecule has 13 nitrogen and oxygen atoms in total. The van der Waals surface area contributed by atoms with Crippen LogP contribution in [0.4, 0.5) is 4.79 Å². The maximum absolute atomic E-state index is 14.7. The van der Waals surface area contributed by atoms with Crippen molar-refractivity contribution in [3.05, 3.63) is 95.6 Å². The number of carbonyl (C=O) groups is 5. The first kappa shape index (κ1) is 53.8. The summed E-state index contributed by atoms with van der Waals surface area (Å²) in [6.07, 6.45) is -0.444. The van der Waals surface area contributed by atoms with Crippen LogP contribution in [0, 0.1) is 29.6 Å². The number of fused-ring (bicyclic) bond motifs is 3. The number of ketones is 1. The molecule has 1 fully saturated rings. The highest BCUT2D eigenvalue weighted by Crippen LogP contribution is 2.44. The van der Waals surface area contributed by atoms with E-state index in [0.29, 0.717) is 19.4 Å². The van der Waals surface area contributed by atoms with Gasteiger partial charge in [-0.1, -0.05) is 141 Å². The summed E-state index contributed by atoms with van der Waals surface area (Å²) in [6.45, 7) is 15.8. The number of carbonyl (C=O) groups excluding carboxylic acids is 5. The Bertz CT molecular complexity index is 2120. The number of benzene rings is 3. The highest BCUT2D eigenvalue weighted by atomic mass is 16.6. The molecule has 0 bridgehead atoms. The molecule has 0 unspecified atom stereocenters. The van der Waals surface area contributed by atoms with Gasteiger partial charge in [0, 0.05) is 53.1 Å². The van der Waals surface area contributed by atoms with Crippen LogP contribution in [-0.2, 0) is 33.4 Å². The minimum Gasteiger partial charge on any atom is -0.448 e. The number of amides is 4. The molecule has 0 aromatic heterocycles. The molecule has 1 heterocycles. The summed E-state index contributed by atoms with van der Waals surface area (Å²) >= 11 is 0. The zero-order chi connectivity index (χ0) is 50.0. The second kappa shape index (κ2) is 24.4. The summed E-state index contributed by atoms with van der Waals surface area (Å²) in [5.41, 5.74) is 5.16. The number of methoxy groups -OCH3 is 2. The van der Waals surface area contributed by atoms with Crippen molar-refractivity contribution >= 4 is 29.6 Å². The van der Waals surface area contributed by atoms with Gasteiger partial charge < -0.3 is 34.4 Å². The summed E-state index contributed by atoms with van der Waals surface area (Å²) in [4.78, 5) is 75.6. The molecular formula is C55H78N4O9. The van der Waals surface area contributed by atoms with Crippen molar-refractivity contribution in [2.45, 2.75) is 136 Å². The van der Waals surface area contributed by atoms with E-state index in [0.717, 1.165) is 34.2 Å². The van der Waals surface area contributed by atoms with Crippen LogP contribution >= 0.6 is 0 Å². The summed E-state index contributed by atoms with van der Waals surface area (Å²) < 4.78 is 18.0. The predicted octanol–water partition coefficient (Wildman–Crippen LogP) is 8.28. The van der Waals surface area contributed by atoms with Gasteiger partial charge in [0.05, 0.1) is 36.8 Å². The Hall–Kier alpha value is -5.11. The monoisotopic (exact) mass is 939 g/mol. The molecule has 2 N–H and O–H groups in total. The molecule has 68 heavy (non-hydrogen) atoms. The van der Waals surface area contributed by atoms with Crippen molar-refractivity contribution in [2.24, 2.45) is 29.6 Å². The molecule has 0 radical (unpaired) electrons. The molecule has 3 aromatic carbocycles. The first-order valence-electron chi connectivity index (χ1n) is 24.6. The van der Waals surface area contributed by atoms with Gasteiger partial charge >= 0.3 is 6.09 Å². The molecule has 13 heteroatoms. The molecule has 5 rings (SSSR count). The Kier molecular flexibility index (Phi) is 19.4. The fourth-order valence-electron chi connectivity index (χ4n) is 10.6. The molecule has 0 saturated carbocycles. The van der Waals surface area contributed by atoms with Crippen LogP contribution in [0.3, 0.4) is 0 Å².